The monoisotopic (exact) mass is 245 g/mol. The first-order valence-electron chi connectivity index (χ1n) is 6.81. The fraction of sp³-hybridized carbons (Fsp3) is 0.533. The number of nitrogens with zero attached hydrogens (tertiary/aromatic N) is 1. The third kappa shape index (κ3) is 1.88. The van der Waals surface area contributed by atoms with Crippen LogP contribution >= 0.6 is 0 Å². The summed E-state index contributed by atoms with van der Waals surface area (Å²) in [5, 5.41) is 0. The van der Waals surface area contributed by atoms with Gasteiger partial charge in [0, 0.05) is 0 Å². The van der Waals surface area contributed by atoms with Crippen molar-refractivity contribution in [3.63, 3.8) is 0 Å². The van der Waals surface area contributed by atoms with E-state index in [1.807, 2.05) is 23.1 Å². The van der Waals surface area contributed by atoms with Crippen molar-refractivity contribution in [2.24, 2.45) is 0 Å². The standard InChI is InChI=1S/C15H19NO2/c1-11(12-7-3-2-4-8-12)16-13-9-5-6-10-14(13)18-15(16)17/h2-4,7-8,11,13-14H,5-6,9-10H2,1H3/t11-,13+,14-/m0/s1. The molecule has 0 unspecified atom stereocenters. The fourth-order valence-electron chi connectivity index (χ4n) is 3.20. The molecule has 1 aliphatic heterocycles. The number of hydrogen-bond acceptors (Lipinski definition) is 2. The summed E-state index contributed by atoms with van der Waals surface area (Å²) in [6, 6.07) is 10.6. The Labute approximate surface area is 108 Å². The van der Waals surface area contributed by atoms with Gasteiger partial charge >= 0.3 is 6.09 Å². The average molecular weight is 245 g/mol. The molecule has 2 aliphatic rings. The van der Waals surface area contributed by atoms with Gasteiger partial charge in [-0.3, -0.25) is 4.90 Å². The molecule has 1 saturated heterocycles. The van der Waals surface area contributed by atoms with E-state index in [-0.39, 0.29) is 24.3 Å². The Balaban J connectivity index is 1.84. The number of rotatable bonds is 2. The second-order valence-corrected chi connectivity index (χ2v) is 5.27. The highest BCUT2D eigenvalue weighted by Crippen LogP contribution is 2.37. The third-order valence-corrected chi connectivity index (χ3v) is 4.19. The number of amides is 1. The third-order valence-electron chi connectivity index (χ3n) is 4.19. The lowest BCUT2D eigenvalue weighted by atomic mass is 9.91. The van der Waals surface area contributed by atoms with Crippen molar-refractivity contribution in [1.82, 2.24) is 4.90 Å². The zero-order valence-electron chi connectivity index (χ0n) is 10.7. The first-order chi connectivity index (χ1) is 8.77. The van der Waals surface area contributed by atoms with Gasteiger partial charge in [-0.25, -0.2) is 4.79 Å². The molecule has 1 saturated carbocycles. The Hall–Kier alpha value is -1.51. The van der Waals surface area contributed by atoms with Crippen LogP contribution in [0.4, 0.5) is 4.79 Å². The highest BCUT2D eigenvalue weighted by atomic mass is 16.6. The molecule has 1 heterocycles. The number of carbonyl (C=O) groups is 1. The van der Waals surface area contributed by atoms with Gasteiger partial charge in [0.05, 0.1) is 12.1 Å². The Morgan fingerprint density at radius 3 is 2.72 bits per heavy atom. The van der Waals surface area contributed by atoms with E-state index >= 15 is 0 Å². The molecule has 0 aromatic heterocycles. The van der Waals surface area contributed by atoms with E-state index in [9.17, 15) is 4.79 Å². The van der Waals surface area contributed by atoms with E-state index < -0.39 is 0 Å². The predicted molar refractivity (Wildman–Crippen MR) is 69.2 cm³/mol. The molecule has 3 rings (SSSR count). The van der Waals surface area contributed by atoms with Crippen LogP contribution in [0.25, 0.3) is 0 Å². The molecule has 18 heavy (non-hydrogen) atoms. The van der Waals surface area contributed by atoms with Crippen LogP contribution < -0.4 is 0 Å². The van der Waals surface area contributed by atoms with Crippen molar-refractivity contribution < 1.29 is 9.53 Å². The largest absolute Gasteiger partial charge is 0.444 e. The molecule has 3 nitrogen and oxygen atoms in total. The highest BCUT2D eigenvalue weighted by Gasteiger charge is 2.44. The summed E-state index contributed by atoms with van der Waals surface area (Å²) in [7, 11) is 0. The normalized spacial score (nSPS) is 28.7. The minimum Gasteiger partial charge on any atom is -0.444 e. The molecule has 3 heteroatoms. The summed E-state index contributed by atoms with van der Waals surface area (Å²) in [4.78, 5) is 14.0. The van der Waals surface area contributed by atoms with E-state index in [0.717, 1.165) is 12.8 Å². The van der Waals surface area contributed by atoms with Crippen molar-refractivity contribution in [3.05, 3.63) is 35.9 Å². The maximum absolute atomic E-state index is 12.1. The molecule has 3 atom stereocenters. The maximum atomic E-state index is 12.1. The summed E-state index contributed by atoms with van der Waals surface area (Å²) in [5.74, 6) is 0. The first-order valence-corrected chi connectivity index (χ1v) is 6.81. The fourth-order valence-corrected chi connectivity index (χ4v) is 3.20. The molecule has 96 valence electrons. The van der Waals surface area contributed by atoms with Gasteiger partial charge in [-0.1, -0.05) is 36.8 Å². The number of ether oxygens (including phenoxy) is 1. The number of fused-ring (bicyclic) bond motifs is 1. The SMILES string of the molecule is C[C@@H](c1ccccc1)N1C(=O)O[C@H]2CCCC[C@H]21. The number of benzene rings is 1. The van der Waals surface area contributed by atoms with E-state index in [1.165, 1.54) is 18.4 Å². The summed E-state index contributed by atoms with van der Waals surface area (Å²) in [6.07, 6.45) is 4.47. The van der Waals surface area contributed by atoms with Crippen LogP contribution in [0, 0.1) is 0 Å². The van der Waals surface area contributed by atoms with Crippen LogP contribution in [0.2, 0.25) is 0 Å². The number of hydrogen-bond donors (Lipinski definition) is 0. The Kier molecular flexibility index (Phi) is 2.98. The molecule has 2 fully saturated rings. The molecule has 1 amide bonds. The lowest BCUT2D eigenvalue weighted by Crippen LogP contribution is -2.40. The van der Waals surface area contributed by atoms with Gasteiger partial charge in [-0.05, 0) is 31.7 Å². The summed E-state index contributed by atoms with van der Waals surface area (Å²) in [5.41, 5.74) is 1.18. The van der Waals surface area contributed by atoms with Crippen LogP contribution in [0.1, 0.15) is 44.2 Å². The zero-order valence-corrected chi connectivity index (χ0v) is 10.7. The van der Waals surface area contributed by atoms with Gasteiger partial charge in [0.15, 0.2) is 0 Å². The quantitative estimate of drug-likeness (QED) is 0.798. The Bertz CT molecular complexity index is 431. The van der Waals surface area contributed by atoms with Gasteiger partial charge in [-0.2, -0.15) is 0 Å². The van der Waals surface area contributed by atoms with E-state index in [2.05, 4.69) is 19.1 Å². The summed E-state index contributed by atoms with van der Waals surface area (Å²) < 4.78 is 5.51. The molecule has 0 radical (unpaired) electrons. The lowest BCUT2D eigenvalue weighted by molar-refractivity contribution is 0.113. The maximum Gasteiger partial charge on any atom is 0.411 e. The molecule has 0 spiro atoms. The van der Waals surface area contributed by atoms with Crippen LogP contribution in [0.3, 0.4) is 0 Å². The smallest absolute Gasteiger partial charge is 0.411 e. The molecule has 1 aromatic carbocycles. The van der Waals surface area contributed by atoms with E-state index in [4.69, 9.17) is 4.74 Å². The molecule has 0 bridgehead atoms. The van der Waals surface area contributed by atoms with Crippen LogP contribution in [0.5, 0.6) is 0 Å². The topological polar surface area (TPSA) is 29.5 Å². The zero-order chi connectivity index (χ0) is 12.5. The Morgan fingerprint density at radius 1 is 1.22 bits per heavy atom. The van der Waals surface area contributed by atoms with Crippen molar-refractivity contribution in [3.8, 4) is 0 Å². The van der Waals surface area contributed by atoms with E-state index in [1.54, 1.807) is 0 Å². The van der Waals surface area contributed by atoms with Gasteiger partial charge in [0.2, 0.25) is 0 Å². The second kappa shape index (κ2) is 4.63. The van der Waals surface area contributed by atoms with Gasteiger partial charge < -0.3 is 4.74 Å². The average Bonchev–Trinajstić information content (AvgIpc) is 2.75. The molecule has 0 N–H and O–H groups in total. The van der Waals surface area contributed by atoms with Crippen LogP contribution in [0.15, 0.2) is 30.3 Å². The predicted octanol–water partition coefficient (Wildman–Crippen LogP) is 3.51. The minimum atomic E-state index is -0.136. The van der Waals surface area contributed by atoms with Crippen LogP contribution in [-0.2, 0) is 4.74 Å². The molecular formula is C15H19NO2. The van der Waals surface area contributed by atoms with Crippen molar-refractivity contribution in [1.29, 1.82) is 0 Å². The van der Waals surface area contributed by atoms with E-state index in [0.29, 0.717) is 0 Å². The lowest BCUT2D eigenvalue weighted by Gasteiger charge is -2.32. The second-order valence-electron chi connectivity index (χ2n) is 5.27. The van der Waals surface area contributed by atoms with Crippen molar-refractivity contribution in [2.75, 3.05) is 0 Å². The van der Waals surface area contributed by atoms with Gasteiger partial charge in [0.25, 0.3) is 0 Å². The molecular weight excluding hydrogens is 226 g/mol. The van der Waals surface area contributed by atoms with Gasteiger partial charge in [0.1, 0.15) is 6.10 Å². The van der Waals surface area contributed by atoms with Crippen molar-refractivity contribution >= 4 is 6.09 Å². The molecule has 1 aromatic rings. The summed E-state index contributed by atoms with van der Waals surface area (Å²) in [6.45, 7) is 2.09. The first kappa shape index (κ1) is 11.6. The highest BCUT2D eigenvalue weighted by molar-refractivity contribution is 5.71. The minimum absolute atomic E-state index is 0.104. The summed E-state index contributed by atoms with van der Waals surface area (Å²) >= 11 is 0. The Morgan fingerprint density at radius 2 is 1.94 bits per heavy atom. The molecule has 1 aliphatic carbocycles. The van der Waals surface area contributed by atoms with Crippen molar-refractivity contribution in [2.45, 2.75) is 50.8 Å². The van der Waals surface area contributed by atoms with Gasteiger partial charge in [-0.15, -0.1) is 0 Å². The van der Waals surface area contributed by atoms with Crippen LogP contribution in [-0.4, -0.2) is 23.1 Å². The number of carbonyl (C=O) groups excluding carboxylic acids is 1.